The van der Waals surface area contributed by atoms with Crippen molar-refractivity contribution in [2.24, 2.45) is 0 Å². The van der Waals surface area contributed by atoms with E-state index in [4.69, 9.17) is 0 Å². The van der Waals surface area contributed by atoms with E-state index in [-0.39, 0.29) is 12.6 Å². The zero-order valence-electron chi connectivity index (χ0n) is 11.8. The first kappa shape index (κ1) is 14.9. The maximum absolute atomic E-state index is 9.41. The third kappa shape index (κ3) is 5.82. The van der Waals surface area contributed by atoms with E-state index in [1.165, 1.54) is 12.8 Å². The summed E-state index contributed by atoms with van der Waals surface area (Å²) in [6, 6.07) is 1.42. The van der Waals surface area contributed by atoms with Crippen molar-refractivity contribution in [3.63, 3.8) is 0 Å². The summed E-state index contributed by atoms with van der Waals surface area (Å²) in [4.78, 5) is 4.66. The first-order chi connectivity index (χ1) is 8.06. The lowest BCUT2D eigenvalue weighted by Crippen LogP contribution is -2.49. The number of nitrogens with zero attached hydrogens (tertiary/aromatic N) is 2. The number of aliphatic hydroxyl groups is 1. The number of hydrogen-bond donors (Lipinski definition) is 2. The molecule has 2 unspecified atom stereocenters. The van der Waals surface area contributed by atoms with Gasteiger partial charge in [0.2, 0.25) is 0 Å². The van der Waals surface area contributed by atoms with Gasteiger partial charge in [-0.05, 0) is 40.4 Å². The lowest BCUT2D eigenvalue weighted by molar-refractivity contribution is 0.138. The molecule has 2 N–H and O–H groups in total. The molecular weight excluding hydrogens is 214 g/mol. The molecule has 0 aliphatic heterocycles. The molecule has 1 aliphatic carbocycles. The third-order valence-corrected chi connectivity index (χ3v) is 3.38. The first-order valence-corrected chi connectivity index (χ1v) is 6.82. The Morgan fingerprint density at radius 2 is 1.94 bits per heavy atom. The van der Waals surface area contributed by atoms with Gasteiger partial charge < -0.3 is 15.3 Å². The van der Waals surface area contributed by atoms with Crippen molar-refractivity contribution in [2.45, 2.75) is 44.8 Å². The summed E-state index contributed by atoms with van der Waals surface area (Å²) in [6.07, 6.45) is 2.55. The van der Waals surface area contributed by atoms with E-state index in [0.29, 0.717) is 12.1 Å². The largest absolute Gasteiger partial charge is 0.395 e. The van der Waals surface area contributed by atoms with Crippen LogP contribution in [0, 0.1) is 0 Å². The molecule has 17 heavy (non-hydrogen) atoms. The van der Waals surface area contributed by atoms with Crippen LogP contribution in [0.25, 0.3) is 0 Å². The summed E-state index contributed by atoms with van der Waals surface area (Å²) in [5.74, 6) is 0. The maximum Gasteiger partial charge on any atom is 0.0597 e. The Morgan fingerprint density at radius 3 is 2.35 bits per heavy atom. The second-order valence-corrected chi connectivity index (χ2v) is 5.52. The van der Waals surface area contributed by atoms with E-state index >= 15 is 0 Å². The fourth-order valence-electron chi connectivity index (χ4n) is 2.29. The van der Waals surface area contributed by atoms with Crippen molar-refractivity contribution in [2.75, 3.05) is 40.3 Å². The molecule has 1 fully saturated rings. The molecule has 0 aromatic carbocycles. The average Bonchev–Trinajstić information content (AvgIpc) is 3.06. The molecule has 1 saturated carbocycles. The molecule has 0 bridgehead atoms. The highest BCUT2D eigenvalue weighted by Gasteiger charge is 2.26. The Balaban J connectivity index is 2.36. The van der Waals surface area contributed by atoms with Gasteiger partial charge in [-0.25, -0.2) is 0 Å². The van der Waals surface area contributed by atoms with Gasteiger partial charge in [0.05, 0.1) is 6.61 Å². The molecule has 0 heterocycles. The highest BCUT2D eigenvalue weighted by Crippen LogP contribution is 2.19. The number of hydrogen-bond acceptors (Lipinski definition) is 4. The molecule has 0 aromatic heterocycles. The number of likely N-dealkylation sites (N-methyl/N-ethyl adjacent to an activating group) is 2. The van der Waals surface area contributed by atoms with Crippen molar-refractivity contribution < 1.29 is 5.11 Å². The Morgan fingerprint density at radius 1 is 1.29 bits per heavy atom. The van der Waals surface area contributed by atoms with Crippen molar-refractivity contribution in [1.29, 1.82) is 0 Å². The predicted octanol–water partition coefficient (Wildman–Crippen LogP) is 0.371. The van der Waals surface area contributed by atoms with E-state index in [9.17, 15) is 5.11 Å². The number of aliphatic hydroxyl groups excluding tert-OH is 1. The zero-order chi connectivity index (χ0) is 12.8. The fraction of sp³-hybridized carbons (Fsp3) is 1.00. The molecule has 1 aliphatic rings. The summed E-state index contributed by atoms with van der Waals surface area (Å²) in [5, 5.41) is 12.9. The molecular formula is C13H29N3O. The summed E-state index contributed by atoms with van der Waals surface area (Å²) < 4.78 is 0. The Bertz CT molecular complexity index is 207. The van der Waals surface area contributed by atoms with Crippen LogP contribution >= 0.6 is 0 Å². The minimum absolute atomic E-state index is 0.229. The molecule has 1 rings (SSSR count). The van der Waals surface area contributed by atoms with E-state index < -0.39 is 0 Å². The van der Waals surface area contributed by atoms with Crippen molar-refractivity contribution in [3.8, 4) is 0 Å². The van der Waals surface area contributed by atoms with E-state index in [1.54, 1.807) is 0 Å². The maximum atomic E-state index is 9.41. The number of rotatable bonds is 9. The van der Waals surface area contributed by atoms with Crippen LogP contribution in [0.4, 0.5) is 0 Å². The summed E-state index contributed by atoms with van der Waals surface area (Å²) in [7, 11) is 4.21. The van der Waals surface area contributed by atoms with Crippen LogP contribution < -0.4 is 5.32 Å². The normalized spacial score (nSPS) is 19.9. The van der Waals surface area contributed by atoms with Crippen LogP contribution in [-0.4, -0.2) is 73.4 Å². The molecule has 0 aromatic rings. The monoisotopic (exact) mass is 243 g/mol. The molecule has 2 atom stereocenters. The van der Waals surface area contributed by atoms with Gasteiger partial charge in [0.15, 0.2) is 0 Å². The van der Waals surface area contributed by atoms with Gasteiger partial charge in [-0.2, -0.15) is 0 Å². The summed E-state index contributed by atoms with van der Waals surface area (Å²) >= 11 is 0. The van der Waals surface area contributed by atoms with Crippen LogP contribution in [-0.2, 0) is 0 Å². The van der Waals surface area contributed by atoms with Crippen molar-refractivity contribution in [1.82, 2.24) is 15.1 Å². The lowest BCUT2D eigenvalue weighted by atomic mass is 10.2. The van der Waals surface area contributed by atoms with Gasteiger partial charge in [-0.1, -0.05) is 6.92 Å². The molecule has 0 saturated heterocycles. The molecule has 102 valence electrons. The lowest BCUT2D eigenvalue weighted by Gasteiger charge is -2.33. The van der Waals surface area contributed by atoms with Gasteiger partial charge in [0.1, 0.15) is 0 Å². The zero-order valence-corrected chi connectivity index (χ0v) is 11.8. The van der Waals surface area contributed by atoms with Crippen LogP contribution in [0.2, 0.25) is 0 Å². The molecule has 4 heteroatoms. The highest BCUT2D eigenvalue weighted by molar-refractivity contribution is 4.86. The average molecular weight is 243 g/mol. The number of nitrogens with one attached hydrogen (secondary N) is 1. The van der Waals surface area contributed by atoms with Gasteiger partial charge in [0.25, 0.3) is 0 Å². The standard InChI is InChI=1S/C13H29N3O/c1-5-16(11(2)8-15(3)4)9-13(10-17)14-12-6-7-12/h11-14,17H,5-10H2,1-4H3. The smallest absolute Gasteiger partial charge is 0.0597 e. The third-order valence-electron chi connectivity index (χ3n) is 3.38. The summed E-state index contributed by atoms with van der Waals surface area (Å²) in [5.41, 5.74) is 0. The summed E-state index contributed by atoms with van der Waals surface area (Å²) in [6.45, 7) is 7.74. The molecule has 0 spiro atoms. The Labute approximate surface area is 106 Å². The van der Waals surface area contributed by atoms with Crippen molar-refractivity contribution >= 4 is 0 Å². The van der Waals surface area contributed by atoms with E-state index in [0.717, 1.165) is 19.6 Å². The van der Waals surface area contributed by atoms with E-state index in [1.807, 2.05) is 0 Å². The second kappa shape index (κ2) is 7.31. The van der Waals surface area contributed by atoms with Gasteiger partial charge in [-0.3, -0.25) is 4.90 Å². The first-order valence-electron chi connectivity index (χ1n) is 6.82. The van der Waals surface area contributed by atoms with Gasteiger partial charge >= 0.3 is 0 Å². The van der Waals surface area contributed by atoms with Crippen molar-refractivity contribution in [3.05, 3.63) is 0 Å². The Kier molecular flexibility index (Phi) is 6.41. The van der Waals surface area contributed by atoms with Crippen LogP contribution in [0.5, 0.6) is 0 Å². The molecule has 4 nitrogen and oxygen atoms in total. The van der Waals surface area contributed by atoms with Crippen LogP contribution in [0.1, 0.15) is 26.7 Å². The fourth-order valence-corrected chi connectivity index (χ4v) is 2.29. The van der Waals surface area contributed by atoms with Gasteiger partial charge in [-0.15, -0.1) is 0 Å². The topological polar surface area (TPSA) is 38.7 Å². The van der Waals surface area contributed by atoms with Crippen LogP contribution in [0.3, 0.4) is 0 Å². The minimum Gasteiger partial charge on any atom is -0.395 e. The quantitative estimate of drug-likeness (QED) is 0.614. The highest BCUT2D eigenvalue weighted by atomic mass is 16.3. The Hall–Kier alpha value is -0.160. The minimum atomic E-state index is 0.229. The second-order valence-electron chi connectivity index (χ2n) is 5.52. The SMILES string of the molecule is CCN(CC(CO)NC1CC1)C(C)CN(C)C. The van der Waals surface area contributed by atoms with Gasteiger partial charge in [0, 0.05) is 31.2 Å². The molecule has 0 radical (unpaired) electrons. The predicted molar refractivity (Wildman–Crippen MR) is 72.3 cm³/mol. The molecule has 0 amide bonds. The van der Waals surface area contributed by atoms with E-state index in [2.05, 4.69) is 43.1 Å². The van der Waals surface area contributed by atoms with Crippen LogP contribution in [0.15, 0.2) is 0 Å².